The lowest BCUT2D eigenvalue weighted by Gasteiger charge is -2.11. The molecule has 0 aliphatic carbocycles. The molecule has 1 aromatic heterocycles. The Morgan fingerprint density at radius 3 is 2.76 bits per heavy atom. The van der Waals surface area contributed by atoms with Crippen molar-refractivity contribution >= 4 is 16.9 Å². The van der Waals surface area contributed by atoms with Crippen LogP contribution >= 0.6 is 0 Å². The van der Waals surface area contributed by atoms with Crippen LogP contribution in [0.2, 0.25) is 0 Å². The molecule has 1 aromatic carbocycles. The third-order valence-corrected chi connectivity index (χ3v) is 2.83. The predicted molar refractivity (Wildman–Crippen MR) is 67.5 cm³/mol. The fourth-order valence-electron chi connectivity index (χ4n) is 1.91. The number of benzene rings is 1. The lowest BCUT2D eigenvalue weighted by Crippen LogP contribution is -2.17. The first-order valence-corrected chi connectivity index (χ1v) is 5.55. The lowest BCUT2D eigenvalue weighted by atomic mass is 10.1. The van der Waals surface area contributed by atoms with E-state index in [2.05, 4.69) is 9.47 Å². The number of aromatic carboxylic acids is 1. The first-order valence-electron chi connectivity index (χ1n) is 5.55. The Morgan fingerprint density at radius 1 is 1.35 bits per heavy atom. The first kappa shape index (κ1) is 11.7. The van der Waals surface area contributed by atoms with Gasteiger partial charge in [-0.25, -0.2) is 4.79 Å². The smallest absolute Gasteiger partial charge is 0.336 e. The molecule has 0 fully saturated rings. The number of aromatic nitrogens is 1. The van der Waals surface area contributed by atoms with Gasteiger partial charge < -0.3 is 14.6 Å². The second-order valence-corrected chi connectivity index (χ2v) is 4.36. The van der Waals surface area contributed by atoms with Crippen LogP contribution < -0.4 is 0 Å². The van der Waals surface area contributed by atoms with E-state index in [1.54, 1.807) is 12.1 Å². The summed E-state index contributed by atoms with van der Waals surface area (Å²) in [6, 6.07) is 7.25. The highest BCUT2D eigenvalue weighted by atomic mass is 16.4. The Hall–Kier alpha value is -1.81. The van der Waals surface area contributed by atoms with Crippen LogP contribution in [0.25, 0.3) is 10.9 Å². The molecule has 1 N–H and O–H groups in total. The Morgan fingerprint density at radius 2 is 2.12 bits per heavy atom. The number of nitrogens with zero attached hydrogens (tertiary/aromatic N) is 2. The van der Waals surface area contributed by atoms with Gasteiger partial charge in [0.2, 0.25) is 0 Å². The zero-order chi connectivity index (χ0) is 12.4. The molecule has 0 saturated carbocycles. The molecule has 0 spiro atoms. The van der Waals surface area contributed by atoms with Crippen LogP contribution in [0, 0.1) is 0 Å². The van der Waals surface area contributed by atoms with Gasteiger partial charge in [0.05, 0.1) is 5.56 Å². The SMILES string of the molecule is CN(C)CCn1ccc2c(C(=O)O)cccc21. The van der Waals surface area contributed by atoms with Gasteiger partial charge in [-0.05, 0) is 32.3 Å². The topological polar surface area (TPSA) is 45.5 Å². The van der Waals surface area contributed by atoms with Crippen molar-refractivity contribution in [3.8, 4) is 0 Å². The molecule has 0 unspecified atom stereocenters. The van der Waals surface area contributed by atoms with Crippen molar-refractivity contribution in [2.75, 3.05) is 20.6 Å². The normalized spacial score (nSPS) is 11.2. The zero-order valence-electron chi connectivity index (χ0n) is 10.1. The van der Waals surface area contributed by atoms with Gasteiger partial charge >= 0.3 is 5.97 Å². The zero-order valence-corrected chi connectivity index (χ0v) is 10.1. The number of carboxylic acids is 1. The van der Waals surface area contributed by atoms with E-state index in [1.165, 1.54) is 0 Å². The van der Waals surface area contributed by atoms with Gasteiger partial charge in [0.25, 0.3) is 0 Å². The van der Waals surface area contributed by atoms with Crippen molar-refractivity contribution in [3.05, 3.63) is 36.0 Å². The minimum absolute atomic E-state index is 0.367. The van der Waals surface area contributed by atoms with Gasteiger partial charge in [-0.15, -0.1) is 0 Å². The number of hydrogen-bond donors (Lipinski definition) is 1. The molecule has 0 radical (unpaired) electrons. The molecule has 0 saturated heterocycles. The van der Waals surface area contributed by atoms with Gasteiger partial charge in [-0.2, -0.15) is 0 Å². The second-order valence-electron chi connectivity index (χ2n) is 4.36. The van der Waals surface area contributed by atoms with E-state index in [9.17, 15) is 4.79 Å². The van der Waals surface area contributed by atoms with E-state index in [1.807, 2.05) is 32.4 Å². The summed E-state index contributed by atoms with van der Waals surface area (Å²) in [7, 11) is 4.04. The minimum atomic E-state index is -0.874. The van der Waals surface area contributed by atoms with Crippen LogP contribution in [-0.4, -0.2) is 41.2 Å². The summed E-state index contributed by atoms with van der Waals surface area (Å²) in [5.41, 5.74) is 1.35. The molecule has 17 heavy (non-hydrogen) atoms. The maximum absolute atomic E-state index is 11.1. The molecule has 2 aromatic rings. The average molecular weight is 232 g/mol. The maximum Gasteiger partial charge on any atom is 0.336 e. The van der Waals surface area contributed by atoms with E-state index >= 15 is 0 Å². The molecule has 0 aliphatic rings. The monoisotopic (exact) mass is 232 g/mol. The molecule has 0 aliphatic heterocycles. The molecule has 90 valence electrons. The summed E-state index contributed by atoms with van der Waals surface area (Å²) in [5, 5.41) is 9.90. The van der Waals surface area contributed by atoms with Gasteiger partial charge in [0.15, 0.2) is 0 Å². The molecule has 0 amide bonds. The van der Waals surface area contributed by atoms with Gasteiger partial charge in [0.1, 0.15) is 0 Å². The summed E-state index contributed by atoms with van der Waals surface area (Å²) in [4.78, 5) is 13.2. The second kappa shape index (κ2) is 4.59. The van der Waals surface area contributed by atoms with Gasteiger partial charge in [-0.1, -0.05) is 6.07 Å². The highest BCUT2D eigenvalue weighted by molar-refractivity contribution is 6.02. The van der Waals surface area contributed by atoms with Crippen LogP contribution in [0.1, 0.15) is 10.4 Å². The van der Waals surface area contributed by atoms with Crippen molar-refractivity contribution in [3.63, 3.8) is 0 Å². The fraction of sp³-hybridized carbons (Fsp3) is 0.308. The average Bonchev–Trinajstić information content (AvgIpc) is 2.68. The van der Waals surface area contributed by atoms with E-state index in [4.69, 9.17) is 5.11 Å². The molecule has 4 nitrogen and oxygen atoms in total. The molecule has 2 rings (SSSR count). The van der Waals surface area contributed by atoms with E-state index in [-0.39, 0.29) is 0 Å². The van der Waals surface area contributed by atoms with E-state index in [0.717, 1.165) is 24.0 Å². The molecular formula is C13H16N2O2. The van der Waals surface area contributed by atoms with Crippen molar-refractivity contribution < 1.29 is 9.90 Å². The number of likely N-dealkylation sites (N-methyl/N-ethyl adjacent to an activating group) is 1. The number of rotatable bonds is 4. The van der Waals surface area contributed by atoms with Crippen molar-refractivity contribution in [1.82, 2.24) is 9.47 Å². The summed E-state index contributed by atoms with van der Waals surface area (Å²) in [5.74, 6) is -0.874. The fourth-order valence-corrected chi connectivity index (χ4v) is 1.91. The number of hydrogen-bond acceptors (Lipinski definition) is 2. The molecule has 1 heterocycles. The summed E-state index contributed by atoms with van der Waals surface area (Å²) < 4.78 is 2.09. The Balaban J connectivity index is 2.40. The highest BCUT2D eigenvalue weighted by Crippen LogP contribution is 2.20. The summed E-state index contributed by atoms with van der Waals surface area (Å²) >= 11 is 0. The molecule has 0 bridgehead atoms. The van der Waals surface area contributed by atoms with E-state index in [0.29, 0.717) is 5.56 Å². The van der Waals surface area contributed by atoms with Crippen LogP contribution in [0.3, 0.4) is 0 Å². The largest absolute Gasteiger partial charge is 0.478 e. The van der Waals surface area contributed by atoms with Crippen LogP contribution in [0.15, 0.2) is 30.5 Å². The standard InChI is InChI=1S/C13H16N2O2/c1-14(2)8-9-15-7-6-10-11(13(16)17)4-3-5-12(10)15/h3-7H,8-9H2,1-2H3,(H,16,17). The van der Waals surface area contributed by atoms with Gasteiger partial charge in [-0.3, -0.25) is 0 Å². The lowest BCUT2D eigenvalue weighted by molar-refractivity contribution is 0.0699. The number of carboxylic acid groups (broad SMARTS) is 1. The summed E-state index contributed by atoms with van der Waals surface area (Å²) in [6.45, 7) is 1.79. The Kier molecular flexibility index (Phi) is 3.15. The molecule has 0 atom stereocenters. The van der Waals surface area contributed by atoms with Crippen LogP contribution in [0.5, 0.6) is 0 Å². The minimum Gasteiger partial charge on any atom is -0.478 e. The van der Waals surface area contributed by atoms with Crippen LogP contribution in [0.4, 0.5) is 0 Å². The van der Waals surface area contributed by atoms with Gasteiger partial charge in [0, 0.05) is 30.2 Å². The van der Waals surface area contributed by atoms with Crippen molar-refractivity contribution in [2.45, 2.75) is 6.54 Å². The van der Waals surface area contributed by atoms with Crippen molar-refractivity contribution in [1.29, 1.82) is 0 Å². The number of fused-ring (bicyclic) bond motifs is 1. The number of carbonyl (C=O) groups is 1. The first-order chi connectivity index (χ1) is 8.09. The highest BCUT2D eigenvalue weighted by Gasteiger charge is 2.10. The third kappa shape index (κ3) is 2.31. The molecule has 4 heteroatoms. The predicted octanol–water partition coefficient (Wildman–Crippen LogP) is 1.90. The van der Waals surface area contributed by atoms with Crippen molar-refractivity contribution in [2.24, 2.45) is 0 Å². The Bertz CT molecular complexity index is 543. The van der Waals surface area contributed by atoms with Crippen LogP contribution in [-0.2, 0) is 6.54 Å². The third-order valence-electron chi connectivity index (χ3n) is 2.83. The molecular weight excluding hydrogens is 216 g/mol. The maximum atomic E-state index is 11.1. The van der Waals surface area contributed by atoms with E-state index < -0.39 is 5.97 Å². The quantitative estimate of drug-likeness (QED) is 0.875. The Labute approximate surface area is 100 Å². The summed E-state index contributed by atoms with van der Waals surface area (Å²) in [6.07, 6.45) is 1.95.